The van der Waals surface area contributed by atoms with Crippen LogP contribution in [0.2, 0.25) is 0 Å². The summed E-state index contributed by atoms with van der Waals surface area (Å²) in [6.07, 6.45) is 2.95. The maximum Gasteiger partial charge on any atom is 0.324 e. The average Bonchev–Trinajstić information content (AvgIpc) is 2.79. The normalized spacial score (nSPS) is 20.1. The summed E-state index contributed by atoms with van der Waals surface area (Å²) in [5, 5.41) is 7.72. The molecule has 1 aromatic heterocycles. The molecule has 112 valence electrons. The lowest BCUT2D eigenvalue weighted by molar-refractivity contribution is -0.150. The van der Waals surface area contributed by atoms with E-state index in [1.165, 1.54) is 5.56 Å². The smallest absolute Gasteiger partial charge is 0.324 e. The van der Waals surface area contributed by atoms with Gasteiger partial charge in [0, 0.05) is 45.0 Å². The zero-order chi connectivity index (χ0) is 14.5. The summed E-state index contributed by atoms with van der Waals surface area (Å²) in [6.45, 7) is 7.53. The molecule has 6 heteroatoms. The van der Waals surface area contributed by atoms with Crippen molar-refractivity contribution in [3.8, 4) is 0 Å². The maximum absolute atomic E-state index is 12.0. The molecule has 1 fully saturated rings. The number of hydrogen-bond donors (Lipinski definition) is 1. The number of carbonyl (C=O) groups excluding carboxylic acids is 1. The van der Waals surface area contributed by atoms with Crippen LogP contribution < -0.4 is 5.32 Å². The van der Waals surface area contributed by atoms with Crippen LogP contribution in [-0.4, -0.2) is 52.9 Å². The van der Waals surface area contributed by atoms with Crippen molar-refractivity contribution in [2.75, 3.05) is 26.2 Å². The number of nitrogens with one attached hydrogen (secondary N) is 1. The highest BCUT2D eigenvalue weighted by Crippen LogP contribution is 2.15. The van der Waals surface area contributed by atoms with Gasteiger partial charge in [-0.2, -0.15) is 5.10 Å². The minimum absolute atomic E-state index is 0.137. The van der Waals surface area contributed by atoms with Crippen LogP contribution in [0, 0.1) is 0 Å². The third-order valence-corrected chi connectivity index (χ3v) is 3.61. The second-order valence-electron chi connectivity index (χ2n) is 5.07. The zero-order valence-electron chi connectivity index (χ0n) is 12.6. The van der Waals surface area contributed by atoms with E-state index in [-0.39, 0.29) is 12.0 Å². The van der Waals surface area contributed by atoms with Crippen LogP contribution in [0.25, 0.3) is 0 Å². The van der Waals surface area contributed by atoms with Crippen molar-refractivity contribution in [1.82, 2.24) is 20.0 Å². The lowest BCUT2D eigenvalue weighted by Gasteiger charge is -2.34. The topological polar surface area (TPSA) is 59.4 Å². The van der Waals surface area contributed by atoms with E-state index < -0.39 is 0 Å². The number of piperazine rings is 1. The van der Waals surface area contributed by atoms with E-state index in [9.17, 15) is 4.79 Å². The quantitative estimate of drug-likeness (QED) is 0.787. The third-order valence-electron chi connectivity index (χ3n) is 3.61. The number of aromatic nitrogens is 2. The van der Waals surface area contributed by atoms with E-state index in [4.69, 9.17) is 4.74 Å². The van der Waals surface area contributed by atoms with Crippen LogP contribution in [0.1, 0.15) is 25.1 Å². The first-order valence-electron chi connectivity index (χ1n) is 7.28. The molecule has 0 radical (unpaired) electrons. The van der Waals surface area contributed by atoms with E-state index in [1.54, 1.807) is 0 Å². The number of hydrogen-bond acceptors (Lipinski definition) is 5. The van der Waals surface area contributed by atoms with Crippen molar-refractivity contribution in [2.24, 2.45) is 7.05 Å². The zero-order valence-corrected chi connectivity index (χ0v) is 12.6. The molecule has 6 nitrogen and oxygen atoms in total. The van der Waals surface area contributed by atoms with Gasteiger partial charge in [-0.1, -0.05) is 6.92 Å². The highest BCUT2D eigenvalue weighted by Gasteiger charge is 2.30. The van der Waals surface area contributed by atoms with Gasteiger partial charge < -0.3 is 10.1 Å². The van der Waals surface area contributed by atoms with Crippen LogP contribution in [0.5, 0.6) is 0 Å². The van der Waals surface area contributed by atoms with Crippen LogP contribution in [0.4, 0.5) is 0 Å². The lowest BCUT2D eigenvalue weighted by atomic mass is 10.1. The lowest BCUT2D eigenvalue weighted by Crippen LogP contribution is -2.54. The van der Waals surface area contributed by atoms with Gasteiger partial charge in [-0.15, -0.1) is 0 Å². The van der Waals surface area contributed by atoms with E-state index in [0.29, 0.717) is 13.2 Å². The van der Waals surface area contributed by atoms with Crippen LogP contribution in [0.15, 0.2) is 6.20 Å². The predicted octanol–water partition coefficient (Wildman–Crippen LogP) is 0.319. The molecule has 1 aliphatic heterocycles. The second kappa shape index (κ2) is 6.85. The molecule has 0 aromatic carbocycles. The number of aryl methyl sites for hydroxylation is 2. The Morgan fingerprint density at radius 2 is 2.35 bits per heavy atom. The summed E-state index contributed by atoms with van der Waals surface area (Å²) in [4.78, 5) is 14.2. The summed E-state index contributed by atoms with van der Waals surface area (Å²) in [5.74, 6) is -0.137. The molecule has 1 N–H and O–H groups in total. The summed E-state index contributed by atoms with van der Waals surface area (Å²) in [7, 11) is 1.93. The van der Waals surface area contributed by atoms with Gasteiger partial charge in [0.25, 0.3) is 0 Å². The van der Waals surface area contributed by atoms with Crippen molar-refractivity contribution in [2.45, 2.75) is 32.9 Å². The number of rotatable bonds is 5. The molecule has 20 heavy (non-hydrogen) atoms. The molecule has 0 bridgehead atoms. The molecule has 1 atom stereocenters. The van der Waals surface area contributed by atoms with Crippen LogP contribution in [0.3, 0.4) is 0 Å². The van der Waals surface area contributed by atoms with Crippen LogP contribution >= 0.6 is 0 Å². The Balaban J connectivity index is 2.10. The van der Waals surface area contributed by atoms with Gasteiger partial charge in [-0.3, -0.25) is 14.4 Å². The third kappa shape index (κ3) is 3.37. The van der Waals surface area contributed by atoms with E-state index in [2.05, 4.69) is 22.2 Å². The molecule has 1 unspecified atom stereocenters. The highest BCUT2D eigenvalue weighted by molar-refractivity contribution is 5.76. The van der Waals surface area contributed by atoms with Gasteiger partial charge in [0.2, 0.25) is 0 Å². The number of ether oxygens (including phenoxy) is 1. The fraction of sp³-hybridized carbons (Fsp3) is 0.714. The van der Waals surface area contributed by atoms with E-state index in [1.807, 2.05) is 24.9 Å². The summed E-state index contributed by atoms with van der Waals surface area (Å²) >= 11 is 0. The first kappa shape index (κ1) is 15.0. The van der Waals surface area contributed by atoms with Gasteiger partial charge in [0.15, 0.2) is 0 Å². The molecular formula is C14H24N4O2. The Kier molecular flexibility index (Phi) is 5.14. The number of nitrogens with zero attached hydrogens (tertiary/aromatic N) is 3. The SMILES string of the molecule is CCOC(=O)C1CNCCN1Cc1cn(C)nc1CC. The van der Waals surface area contributed by atoms with Crippen molar-refractivity contribution in [3.05, 3.63) is 17.5 Å². The average molecular weight is 280 g/mol. The standard InChI is InChI=1S/C14H24N4O2/c1-4-12-11(9-17(3)16-12)10-18-7-6-15-8-13(18)14(19)20-5-2/h9,13,15H,4-8,10H2,1-3H3. The Bertz CT molecular complexity index is 458. The van der Waals surface area contributed by atoms with Gasteiger partial charge in [0.05, 0.1) is 12.3 Å². The molecule has 1 aliphatic rings. The fourth-order valence-electron chi connectivity index (χ4n) is 2.64. The summed E-state index contributed by atoms with van der Waals surface area (Å²) in [6, 6.07) is -0.200. The molecule has 1 aromatic rings. The Hall–Kier alpha value is -1.40. The maximum atomic E-state index is 12.0. The van der Waals surface area contributed by atoms with Gasteiger partial charge in [-0.05, 0) is 13.3 Å². The van der Waals surface area contributed by atoms with Crippen molar-refractivity contribution in [3.63, 3.8) is 0 Å². The molecule has 1 saturated heterocycles. The van der Waals surface area contributed by atoms with Gasteiger partial charge in [-0.25, -0.2) is 0 Å². The summed E-state index contributed by atoms with van der Waals surface area (Å²) < 4.78 is 7.01. The molecule has 0 amide bonds. The molecule has 0 spiro atoms. The molecule has 2 rings (SSSR count). The van der Waals surface area contributed by atoms with Crippen molar-refractivity contribution >= 4 is 5.97 Å². The highest BCUT2D eigenvalue weighted by atomic mass is 16.5. The number of esters is 1. The van der Waals surface area contributed by atoms with E-state index in [0.717, 1.165) is 31.7 Å². The van der Waals surface area contributed by atoms with E-state index >= 15 is 0 Å². The predicted molar refractivity (Wildman–Crippen MR) is 76.3 cm³/mol. The Morgan fingerprint density at radius 1 is 1.55 bits per heavy atom. The first-order chi connectivity index (χ1) is 9.65. The Morgan fingerprint density at radius 3 is 3.05 bits per heavy atom. The van der Waals surface area contributed by atoms with Crippen molar-refractivity contribution in [1.29, 1.82) is 0 Å². The molecule has 0 aliphatic carbocycles. The minimum atomic E-state index is -0.200. The van der Waals surface area contributed by atoms with Crippen LogP contribution in [-0.2, 0) is 29.5 Å². The fourth-order valence-corrected chi connectivity index (χ4v) is 2.64. The molecular weight excluding hydrogens is 256 g/mol. The minimum Gasteiger partial charge on any atom is -0.465 e. The second-order valence-corrected chi connectivity index (χ2v) is 5.07. The van der Waals surface area contributed by atoms with Crippen molar-refractivity contribution < 1.29 is 9.53 Å². The Labute approximate surface area is 120 Å². The number of carbonyl (C=O) groups is 1. The molecule has 0 saturated carbocycles. The monoisotopic (exact) mass is 280 g/mol. The molecule has 2 heterocycles. The van der Waals surface area contributed by atoms with Gasteiger partial charge in [0.1, 0.15) is 6.04 Å². The largest absolute Gasteiger partial charge is 0.465 e. The van der Waals surface area contributed by atoms with Gasteiger partial charge >= 0.3 is 5.97 Å². The first-order valence-corrected chi connectivity index (χ1v) is 7.28. The summed E-state index contributed by atoms with van der Waals surface area (Å²) in [5.41, 5.74) is 2.31.